The van der Waals surface area contributed by atoms with E-state index in [1.54, 1.807) is 11.3 Å². The number of amides is 1. The molecule has 6 rings (SSSR count). The van der Waals surface area contributed by atoms with Crippen molar-refractivity contribution in [1.29, 1.82) is 0 Å². The molecule has 3 aliphatic carbocycles. The number of carboxylic acids is 1. The third-order valence-electron chi connectivity index (χ3n) is 7.96. The van der Waals surface area contributed by atoms with Crippen LogP contribution in [0.15, 0.2) is 60.0 Å². The molecule has 3 aliphatic rings. The molecule has 3 fully saturated rings. The molecule has 1 amide bonds. The van der Waals surface area contributed by atoms with Crippen LogP contribution in [-0.4, -0.2) is 23.0 Å². The Morgan fingerprint density at radius 2 is 1.62 bits per heavy atom. The van der Waals surface area contributed by atoms with E-state index in [4.69, 9.17) is 5.11 Å². The summed E-state index contributed by atoms with van der Waals surface area (Å²) < 4.78 is 0. The first-order valence-electron chi connectivity index (χ1n) is 12.3. The molecule has 1 spiro atoms. The monoisotopic (exact) mass is 471 g/mol. The van der Waals surface area contributed by atoms with Crippen molar-refractivity contribution in [2.24, 2.45) is 11.3 Å². The van der Waals surface area contributed by atoms with Gasteiger partial charge in [0.2, 0.25) is 0 Å². The summed E-state index contributed by atoms with van der Waals surface area (Å²) >= 11 is 1.74. The van der Waals surface area contributed by atoms with Crippen LogP contribution in [0.4, 0.5) is 0 Å². The van der Waals surface area contributed by atoms with Gasteiger partial charge in [-0.05, 0) is 78.5 Å². The van der Waals surface area contributed by atoms with E-state index >= 15 is 0 Å². The SMILES string of the molecule is O=C(NC1CC2(C1)CC(C(=O)O)C2)c1csc(C2CC2)c1Cc1ccc(-c2ccccc2)cc1. The molecular formula is C29H29NO3S. The van der Waals surface area contributed by atoms with E-state index in [-0.39, 0.29) is 23.3 Å². The van der Waals surface area contributed by atoms with Crippen LogP contribution in [-0.2, 0) is 11.2 Å². The van der Waals surface area contributed by atoms with Gasteiger partial charge in [0.25, 0.3) is 5.91 Å². The fraction of sp³-hybridized carbons (Fsp3) is 0.379. The summed E-state index contributed by atoms with van der Waals surface area (Å²) in [7, 11) is 0. The fourth-order valence-electron chi connectivity index (χ4n) is 5.95. The maximum atomic E-state index is 13.2. The van der Waals surface area contributed by atoms with Gasteiger partial charge in [-0.1, -0.05) is 54.6 Å². The number of carbonyl (C=O) groups excluding carboxylic acids is 1. The van der Waals surface area contributed by atoms with Crippen molar-refractivity contribution in [2.75, 3.05) is 0 Å². The lowest BCUT2D eigenvalue weighted by atomic mass is 9.50. The number of hydrogen-bond acceptors (Lipinski definition) is 3. The van der Waals surface area contributed by atoms with Crippen LogP contribution in [0.2, 0.25) is 0 Å². The van der Waals surface area contributed by atoms with E-state index < -0.39 is 5.97 Å². The van der Waals surface area contributed by atoms with Gasteiger partial charge >= 0.3 is 5.97 Å². The smallest absolute Gasteiger partial charge is 0.306 e. The van der Waals surface area contributed by atoms with Crippen LogP contribution >= 0.6 is 11.3 Å². The zero-order chi connectivity index (χ0) is 23.3. The molecule has 4 nitrogen and oxygen atoms in total. The normalized spacial score (nSPS) is 25.4. The highest BCUT2D eigenvalue weighted by Crippen LogP contribution is 2.58. The van der Waals surface area contributed by atoms with Crippen LogP contribution in [0.25, 0.3) is 11.1 Å². The first-order valence-corrected chi connectivity index (χ1v) is 13.2. The van der Waals surface area contributed by atoms with Gasteiger partial charge in [0.15, 0.2) is 0 Å². The summed E-state index contributed by atoms with van der Waals surface area (Å²) in [5, 5.41) is 14.5. The van der Waals surface area contributed by atoms with Crippen LogP contribution in [0.3, 0.4) is 0 Å². The van der Waals surface area contributed by atoms with Crippen molar-refractivity contribution < 1.29 is 14.7 Å². The molecular weight excluding hydrogens is 442 g/mol. The third-order valence-corrected chi connectivity index (χ3v) is 9.15. The zero-order valence-corrected chi connectivity index (χ0v) is 19.9. The van der Waals surface area contributed by atoms with Crippen LogP contribution in [0.5, 0.6) is 0 Å². The summed E-state index contributed by atoms with van der Waals surface area (Å²) in [5.41, 5.74) is 5.83. The lowest BCUT2D eigenvalue weighted by Crippen LogP contribution is -2.57. The Labute approximate surface area is 204 Å². The zero-order valence-electron chi connectivity index (χ0n) is 19.1. The van der Waals surface area contributed by atoms with Crippen molar-refractivity contribution in [3.8, 4) is 11.1 Å². The van der Waals surface area contributed by atoms with Crippen molar-refractivity contribution in [2.45, 2.75) is 56.9 Å². The number of aliphatic carboxylic acids is 1. The topological polar surface area (TPSA) is 66.4 Å². The minimum Gasteiger partial charge on any atom is -0.481 e. The first-order chi connectivity index (χ1) is 16.5. The van der Waals surface area contributed by atoms with E-state index in [9.17, 15) is 9.59 Å². The Morgan fingerprint density at radius 3 is 2.26 bits per heavy atom. The maximum Gasteiger partial charge on any atom is 0.306 e. The van der Waals surface area contributed by atoms with Gasteiger partial charge in [0.1, 0.15) is 0 Å². The lowest BCUT2D eigenvalue weighted by Gasteiger charge is -2.56. The van der Waals surface area contributed by atoms with E-state index in [0.717, 1.165) is 37.7 Å². The Morgan fingerprint density at radius 1 is 0.941 bits per heavy atom. The van der Waals surface area contributed by atoms with Crippen molar-refractivity contribution in [1.82, 2.24) is 5.32 Å². The molecule has 0 saturated heterocycles. The van der Waals surface area contributed by atoms with Gasteiger partial charge in [0.05, 0.1) is 11.5 Å². The number of hydrogen-bond donors (Lipinski definition) is 2. The largest absolute Gasteiger partial charge is 0.481 e. The number of nitrogens with one attached hydrogen (secondary N) is 1. The summed E-state index contributed by atoms with van der Waals surface area (Å²) in [6.07, 6.45) is 6.58. The predicted octanol–water partition coefficient (Wildman–Crippen LogP) is 6.26. The van der Waals surface area contributed by atoms with Gasteiger partial charge in [0, 0.05) is 16.3 Å². The van der Waals surface area contributed by atoms with Gasteiger partial charge in [-0.2, -0.15) is 0 Å². The van der Waals surface area contributed by atoms with Gasteiger partial charge < -0.3 is 10.4 Å². The molecule has 0 bridgehead atoms. The Hall–Kier alpha value is -2.92. The number of rotatable bonds is 7. The average Bonchev–Trinajstić information content (AvgIpc) is 3.55. The number of benzene rings is 2. The van der Waals surface area contributed by atoms with Crippen LogP contribution in [0, 0.1) is 11.3 Å². The molecule has 0 aliphatic heterocycles. The Kier molecular flexibility index (Phi) is 5.33. The van der Waals surface area contributed by atoms with Crippen molar-refractivity contribution in [3.63, 3.8) is 0 Å². The van der Waals surface area contributed by atoms with Crippen LogP contribution < -0.4 is 5.32 Å². The molecule has 3 saturated carbocycles. The number of carbonyl (C=O) groups is 2. The predicted molar refractivity (Wildman–Crippen MR) is 134 cm³/mol. The standard InChI is InChI=1S/C29H29NO3S/c31-27(30-23-15-29(16-23)13-22(14-29)28(32)33)25-17-34-26(21-10-11-21)24(25)12-18-6-8-20(9-7-18)19-4-2-1-3-5-19/h1-9,17,21-23H,10-16H2,(H,30,31)(H,32,33). The molecule has 0 radical (unpaired) electrons. The molecule has 1 heterocycles. The highest BCUT2D eigenvalue weighted by atomic mass is 32.1. The second-order valence-electron chi connectivity index (χ2n) is 10.5. The average molecular weight is 472 g/mol. The summed E-state index contributed by atoms with van der Waals surface area (Å²) in [5.74, 6) is -0.215. The van der Waals surface area contributed by atoms with Gasteiger partial charge in [-0.15, -0.1) is 11.3 Å². The molecule has 5 heteroatoms. The summed E-state index contributed by atoms with van der Waals surface area (Å²) in [4.78, 5) is 25.8. The van der Waals surface area contributed by atoms with E-state index in [2.05, 4.69) is 59.2 Å². The highest BCUT2D eigenvalue weighted by molar-refractivity contribution is 7.10. The summed E-state index contributed by atoms with van der Waals surface area (Å²) in [6.45, 7) is 0. The molecule has 174 valence electrons. The quantitative estimate of drug-likeness (QED) is 0.428. The summed E-state index contributed by atoms with van der Waals surface area (Å²) in [6, 6.07) is 19.3. The second-order valence-corrected chi connectivity index (χ2v) is 11.4. The molecule has 1 aromatic heterocycles. The highest BCUT2D eigenvalue weighted by Gasteiger charge is 2.55. The van der Waals surface area contributed by atoms with Crippen LogP contribution in [0.1, 0.15) is 70.8 Å². The molecule has 0 unspecified atom stereocenters. The first kappa shape index (κ1) is 21.6. The third kappa shape index (κ3) is 4.07. The molecule has 3 aromatic rings. The van der Waals surface area contributed by atoms with E-state index in [0.29, 0.717) is 5.92 Å². The van der Waals surface area contributed by atoms with Gasteiger partial charge in [-0.25, -0.2) is 0 Å². The minimum absolute atomic E-state index is 0.0352. The molecule has 34 heavy (non-hydrogen) atoms. The number of carboxylic acid groups (broad SMARTS) is 1. The Bertz CT molecular complexity index is 1210. The lowest BCUT2D eigenvalue weighted by molar-refractivity contribution is -0.155. The molecule has 0 atom stereocenters. The Balaban J connectivity index is 1.15. The second kappa shape index (κ2) is 8.38. The molecule has 2 aromatic carbocycles. The number of thiophene rings is 1. The fourth-order valence-corrected chi connectivity index (χ4v) is 7.20. The van der Waals surface area contributed by atoms with E-state index in [1.165, 1.54) is 40.0 Å². The molecule has 2 N–H and O–H groups in total. The van der Waals surface area contributed by atoms with Crippen molar-refractivity contribution in [3.05, 3.63) is 81.5 Å². The van der Waals surface area contributed by atoms with Crippen molar-refractivity contribution >= 4 is 23.2 Å². The maximum absolute atomic E-state index is 13.2. The minimum atomic E-state index is -0.676. The van der Waals surface area contributed by atoms with Gasteiger partial charge in [-0.3, -0.25) is 9.59 Å². The van der Waals surface area contributed by atoms with E-state index in [1.807, 2.05) is 6.07 Å².